The van der Waals surface area contributed by atoms with E-state index in [9.17, 15) is 4.79 Å². The number of aromatic nitrogens is 5. The molecular weight excluding hydrogens is 571 g/mol. The third-order valence-corrected chi connectivity index (χ3v) is 6.52. The van der Waals surface area contributed by atoms with E-state index >= 15 is 0 Å². The van der Waals surface area contributed by atoms with Crippen molar-refractivity contribution in [2.24, 2.45) is 5.10 Å². The van der Waals surface area contributed by atoms with Crippen LogP contribution in [0.1, 0.15) is 28.5 Å². The number of carbonyl (C=O) groups excluding carboxylic acids is 1. The zero-order valence-electron chi connectivity index (χ0n) is 21.7. The van der Waals surface area contributed by atoms with Crippen LogP contribution in [-0.2, 0) is 6.61 Å². The van der Waals surface area contributed by atoms with Crippen LogP contribution in [0.2, 0.25) is 10.0 Å². The van der Waals surface area contributed by atoms with Crippen LogP contribution in [0.4, 0.5) is 5.82 Å². The van der Waals surface area contributed by atoms with Gasteiger partial charge >= 0.3 is 0 Å². The van der Waals surface area contributed by atoms with Gasteiger partial charge in [0, 0.05) is 26.7 Å². The molecular formula is C27H22Cl2N8O4. The van der Waals surface area contributed by atoms with Gasteiger partial charge in [0.1, 0.15) is 12.3 Å². The third-order valence-electron chi connectivity index (χ3n) is 5.93. The van der Waals surface area contributed by atoms with Crippen molar-refractivity contribution in [1.29, 1.82) is 0 Å². The van der Waals surface area contributed by atoms with Gasteiger partial charge in [0.15, 0.2) is 17.2 Å². The van der Waals surface area contributed by atoms with E-state index in [2.05, 4.69) is 35.8 Å². The van der Waals surface area contributed by atoms with Crippen LogP contribution in [0.25, 0.3) is 17.1 Å². The quantitative estimate of drug-likeness (QED) is 0.178. The van der Waals surface area contributed by atoms with Crippen LogP contribution in [0.15, 0.2) is 76.5 Å². The fraction of sp³-hybridized carbons (Fsp3) is 0.111. The number of methoxy groups -OCH3 is 1. The highest BCUT2D eigenvalue weighted by atomic mass is 35.5. The molecule has 0 spiro atoms. The molecule has 2 aromatic heterocycles. The number of nitrogens with one attached hydrogen (secondary N) is 1. The highest BCUT2D eigenvalue weighted by Gasteiger charge is 2.26. The smallest absolute Gasteiger partial charge is 0.292 e. The van der Waals surface area contributed by atoms with Crippen LogP contribution < -0.4 is 20.6 Å². The Balaban J connectivity index is 1.37. The molecule has 12 nitrogen and oxygen atoms in total. The van der Waals surface area contributed by atoms with E-state index < -0.39 is 5.91 Å². The predicted octanol–water partition coefficient (Wildman–Crippen LogP) is 4.95. The zero-order valence-corrected chi connectivity index (χ0v) is 23.2. The SMILES string of the molecule is COc1cc(/C(C)=N\NC(=O)c2c(-c3ccccc3)nnn2-c2nonc2N)ccc1OCc1ccc(Cl)cc1Cl. The molecule has 2 heterocycles. The number of halogens is 2. The van der Waals surface area contributed by atoms with E-state index in [1.807, 2.05) is 18.2 Å². The molecule has 3 N–H and O–H groups in total. The molecule has 0 aliphatic heterocycles. The number of nitrogen functional groups attached to an aromatic ring is 1. The lowest BCUT2D eigenvalue weighted by molar-refractivity contribution is 0.0947. The predicted molar refractivity (Wildman–Crippen MR) is 153 cm³/mol. The van der Waals surface area contributed by atoms with Crippen molar-refractivity contribution in [3.63, 3.8) is 0 Å². The summed E-state index contributed by atoms with van der Waals surface area (Å²) in [7, 11) is 1.53. The van der Waals surface area contributed by atoms with Crippen molar-refractivity contribution < 1.29 is 18.9 Å². The summed E-state index contributed by atoms with van der Waals surface area (Å²) in [6.07, 6.45) is 0. The average Bonchev–Trinajstić information content (AvgIpc) is 3.61. The van der Waals surface area contributed by atoms with Crippen molar-refractivity contribution in [2.75, 3.05) is 12.8 Å². The molecule has 41 heavy (non-hydrogen) atoms. The highest BCUT2D eigenvalue weighted by Crippen LogP contribution is 2.31. The molecule has 0 radical (unpaired) electrons. The molecule has 0 saturated heterocycles. The summed E-state index contributed by atoms with van der Waals surface area (Å²) in [5.74, 6) is 0.320. The first kappa shape index (κ1) is 27.6. The topological polar surface area (TPSA) is 156 Å². The van der Waals surface area contributed by atoms with E-state index in [1.54, 1.807) is 55.5 Å². The Morgan fingerprint density at radius 1 is 1.07 bits per heavy atom. The van der Waals surface area contributed by atoms with Crippen molar-refractivity contribution >= 4 is 40.6 Å². The molecule has 0 bridgehead atoms. The first-order valence-electron chi connectivity index (χ1n) is 12.0. The summed E-state index contributed by atoms with van der Waals surface area (Å²) in [5.41, 5.74) is 11.3. The molecule has 5 rings (SSSR count). The van der Waals surface area contributed by atoms with Gasteiger partial charge in [-0.25, -0.2) is 10.1 Å². The van der Waals surface area contributed by atoms with E-state index in [0.29, 0.717) is 44.1 Å². The number of hydrazone groups is 1. The first-order chi connectivity index (χ1) is 19.9. The third kappa shape index (κ3) is 5.98. The number of nitrogens with zero attached hydrogens (tertiary/aromatic N) is 6. The molecule has 5 aromatic rings. The maximum Gasteiger partial charge on any atom is 0.292 e. The fourth-order valence-electron chi connectivity index (χ4n) is 3.82. The number of nitrogens with two attached hydrogens (primary N) is 1. The van der Waals surface area contributed by atoms with Crippen molar-refractivity contribution in [3.05, 3.63) is 93.6 Å². The first-order valence-corrected chi connectivity index (χ1v) is 12.8. The largest absolute Gasteiger partial charge is 0.493 e. The van der Waals surface area contributed by atoms with Gasteiger partial charge in [-0.1, -0.05) is 64.8 Å². The van der Waals surface area contributed by atoms with Gasteiger partial charge < -0.3 is 15.2 Å². The number of rotatable bonds is 9. The molecule has 0 aliphatic rings. The Morgan fingerprint density at radius 3 is 2.59 bits per heavy atom. The van der Waals surface area contributed by atoms with Gasteiger partial charge in [0.25, 0.3) is 5.91 Å². The van der Waals surface area contributed by atoms with Gasteiger partial charge in [0.2, 0.25) is 11.6 Å². The van der Waals surface area contributed by atoms with E-state index in [4.69, 9.17) is 38.4 Å². The molecule has 0 fully saturated rings. The van der Waals surface area contributed by atoms with E-state index in [-0.39, 0.29) is 23.9 Å². The van der Waals surface area contributed by atoms with Gasteiger partial charge in [-0.15, -0.1) is 5.10 Å². The minimum absolute atomic E-state index is 0.0192. The Morgan fingerprint density at radius 2 is 1.88 bits per heavy atom. The number of anilines is 1. The lowest BCUT2D eigenvalue weighted by Crippen LogP contribution is -2.23. The summed E-state index contributed by atoms with van der Waals surface area (Å²) >= 11 is 12.2. The molecule has 1 amide bonds. The standard InChI is InChI=1S/C27H22Cl2N8O4/c1-15(17-9-11-21(22(12-17)39-2)40-14-18-8-10-19(28)13-20(18)29)31-33-27(38)24-23(16-6-4-3-5-7-16)32-36-37(24)26-25(30)34-41-35-26/h3-13H,14H2,1-2H3,(H2,30,34)(H,33,38)/b31-15-. The van der Waals surface area contributed by atoms with Gasteiger partial charge in [-0.05, 0) is 47.6 Å². The number of benzene rings is 3. The molecule has 0 saturated carbocycles. The fourth-order valence-corrected chi connectivity index (χ4v) is 4.28. The van der Waals surface area contributed by atoms with Crippen LogP contribution >= 0.6 is 23.2 Å². The monoisotopic (exact) mass is 592 g/mol. The second kappa shape index (κ2) is 12.1. The Kier molecular flexibility index (Phi) is 8.13. The highest BCUT2D eigenvalue weighted by molar-refractivity contribution is 6.35. The lowest BCUT2D eigenvalue weighted by Gasteiger charge is -2.13. The Hall–Kier alpha value is -4.94. The number of carbonyl (C=O) groups is 1. The minimum Gasteiger partial charge on any atom is -0.493 e. The second-order valence-electron chi connectivity index (χ2n) is 8.57. The molecule has 3 aromatic carbocycles. The molecule has 14 heteroatoms. The Bertz CT molecular complexity index is 1740. The Labute approximate surface area is 243 Å². The van der Waals surface area contributed by atoms with E-state index in [0.717, 1.165) is 10.2 Å². The van der Waals surface area contributed by atoms with Crippen molar-refractivity contribution in [2.45, 2.75) is 13.5 Å². The van der Waals surface area contributed by atoms with Crippen LogP contribution in [-0.4, -0.2) is 44.0 Å². The average molecular weight is 593 g/mol. The molecule has 0 atom stereocenters. The maximum absolute atomic E-state index is 13.4. The summed E-state index contributed by atoms with van der Waals surface area (Å²) in [6.45, 7) is 1.95. The molecule has 208 valence electrons. The van der Waals surface area contributed by atoms with Gasteiger partial charge in [0.05, 0.1) is 12.8 Å². The van der Waals surface area contributed by atoms with E-state index in [1.165, 1.54) is 7.11 Å². The zero-order chi connectivity index (χ0) is 28.9. The maximum atomic E-state index is 13.4. The number of amides is 1. The number of ether oxygens (including phenoxy) is 2. The molecule has 0 unspecified atom stereocenters. The van der Waals surface area contributed by atoms with Crippen molar-refractivity contribution in [1.82, 2.24) is 30.7 Å². The summed E-state index contributed by atoms with van der Waals surface area (Å²) in [5, 5.41) is 20.8. The lowest BCUT2D eigenvalue weighted by atomic mass is 10.1. The minimum atomic E-state index is -0.609. The van der Waals surface area contributed by atoms with Gasteiger partial charge in [-0.3, -0.25) is 4.79 Å². The summed E-state index contributed by atoms with van der Waals surface area (Å²) < 4.78 is 17.3. The van der Waals surface area contributed by atoms with Crippen LogP contribution in [0.3, 0.4) is 0 Å². The summed E-state index contributed by atoms with van der Waals surface area (Å²) in [6, 6.07) is 19.5. The van der Waals surface area contributed by atoms with Gasteiger partial charge in [-0.2, -0.15) is 9.78 Å². The summed E-state index contributed by atoms with van der Waals surface area (Å²) in [4.78, 5) is 13.4. The van der Waals surface area contributed by atoms with Crippen LogP contribution in [0, 0.1) is 0 Å². The second-order valence-corrected chi connectivity index (χ2v) is 9.41. The normalized spacial score (nSPS) is 11.4. The van der Waals surface area contributed by atoms with Crippen molar-refractivity contribution in [3.8, 4) is 28.6 Å². The molecule has 0 aliphatic carbocycles. The number of hydrogen-bond acceptors (Lipinski definition) is 10. The van der Waals surface area contributed by atoms with Crippen LogP contribution in [0.5, 0.6) is 11.5 Å². The number of hydrogen-bond donors (Lipinski definition) is 2.